The summed E-state index contributed by atoms with van der Waals surface area (Å²) >= 11 is 0. The first-order chi connectivity index (χ1) is 14.2. The van der Waals surface area contributed by atoms with Crippen LogP contribution in [0.3, 0.4) is 0 Å². The van der Waals surface area contributed by atoms with E-state index in [2.05, 4.69) is 15.6 Å². The van der Waals surface area contributed by atoms with Gasteiger partial charge in [-0.2, -0.15) is 0 Å². The van der Waals surface area contributed by atoms with E-state index in [1.807, 2.05) is 19.1 Å². The Hall–Kier alpha value is -2.91. The van der Waals surface area contributed by atoms with Gasteiger partial charge in [0, 0.05) is 32.7 Å². The average molecular weight is 432 g/mol. The molecule has 0 spiro atoms. The fourth-order valence-corrected chi connectivity index (χ4v) is 3.21. The number of hydrogen-bond donors (Lipinski definition) is 3. The van der Waals surface area contributed by atoms with Gasteiger partial charge in [-0.25, -0.2) is 18.5 Å². The lowest BCUT2D eigenvalue weighted by Gasteiger charge is -2.12. The lowest BCUT2D eigenvalue weighted by Crippen LogP contribution is -2.38. The van der Waals surface area contributed by atoms with Crippen LogP contribution in [0, 0.1) is 0 Å². The predicted octanol–water partition coefficient (Wildman–Crippen LogP) is 1.33. The van der Waals surface area contributed by atoms with Crippen molar-refractivity contribution in [3.8, 4) is 0 Å². The van der Waals surface area contributed by atoms with Crippen molar-refractivity contribution in [2.24, 2.45) is 10.1 Å². The second-order valence-corrected chi connectivity index (χ2v) is 8.52. The summed E-state index contributed by atoms with van der Waals surface area (Å²) in [5.74, 6) is 0.657. The average Bonchev–Trinajstić information content (AvgIpc) is 2.71. The molecular weight excluding hydrogens is 402 g/mol. The van der Waals surface area contributed by atoms with Gasteiger partial charge in [0.2, 0.25) is 10.0 Å². The van der Waals surface area contributed by atoms with Crippen molar-refractivity contribution >= 4 is 21.9 Å². The zero-order valence-electron chi connectivity index (χ0n) is 17.6. The Morgan fingerprint density at radius 3 is 2.13 bits per heavy atom. The molecule has 0 aliphatic rings. The molecule has 0 aliphatic carbocycles. The second kappa shape index (κ2) is 10.7. The number of rotatable bonds is 8. The van der Waals surface area contributed by atoms with Crippen molar-refractivity contribution in [3.63, 3.8) is 0 Å². The molecule has 2 aromatic rings. The van der Waals surface area contributed by atoms with Crippen molar-refractivity contribution in [1.82, 2.24) is 15.5 Å². The van der Waals surface area contributed by atoms with Gasteiger partial charge < -0.3 is 15.5 Å². The first-order valence-corrected chi connectivity index (χ1v) is 11.2. The highest BCUT2D eigenvalue weighted by Crippen LogP contribution is 2.09. The highest BCUT2D eigenvalue weighted by molar-refractivity contribution is 7.89. The number of carbonyl (C=O) groups excluding carboxylic acids is 1. The van der Waals surface area contributed by atoms with Gasteiger partial charge in [-0.15, -0.1) is 0 Å². The molecule has 0 fully saturated rings. The van der Waals surface area contributed by atoms with E-state index in [0.29, 0.717) is 31.0 Å². The summed E-state index contributed by atoms with van der Waals surface area (Å²) in [4.78, 5) is 18.2. The Bertz CT molecular complexity index is 969. The van der Waals surface area contributed by atoms with Crippen molar-refractivity contribution in [2.45, 2.75) is 24.8 Å². The lowest BCUT2D eigenvalue weighted by atomic mass is 10.1. The highest BCUT2D eigenvalue weighted by Gasteiger charge is 2.08. The maximum absolute atomic E-state index is 12.0. The van der Waals surface area contributed by atoms with Crippen LogP contribution in [0.5, 0.6) is 0 Å². The molecule has 2 aromatic carbocycles. The number of guanidine groups is 1. The molecule has 4 N–H and O–H groups in total. The first kappa shape index (κ1) is 23.4. The number of aliphatic imine (C=N–C) groups is 1. The van der Waals surface area contributed by atoms with E-state index in [1.54, 1.807) is 43.3 Å². The van der Waals surface area contributed by atoms with E-state index in [1.165, 1.54) is 12.1 Å². The molecule has 0 atom stereocenters. The summed E-state index contributed by atoms with van der Waals surface area (Å²) in [5, 5.41) is 11.6. The Labute approximate surface area is 178 Å². The maximum atomic E-state index is 12.0. The topological polar surface area (TPSA) is 117 Å². The lowest BCUT2D eigenvalue weighted by molar-refractivity contribution is 0.0827. The van der Waals surface area contributed by atoms with Crippen LogP contribution in [-0.2, 0) is 23.0 Å². The third-order valence-corrected chi connectivity index (χ3v) is 5.26. The largest absolute Gasteiger partial charge is 0.357 e. The Kier molecular flexibility index (Phi) is 8.37. The Morgan fingerprint density at radius 1 is 1.00 bits per heavy atom. The van der Waals surface area contributed by atoms with Crippen LogP contribution < -0.4 is 15.8 Å². The molecule has 0 aliphatic heterocycles. The van der Waals surface area contributed by atoms with Crippen LogP contribution in [0.2, 0.25) is 0 Å². The molecule has 162 valence electrons. The summed E-state index contributed by atoms with van der Waals surface area (Å²) in [6.45, 7) is 3.83. The highest BCUT2D eigenvalue weighted by atomic mass is 32.2. The fourth-order valence-electron chi connectivity index (χ4n) is 2.69. The van der Waals surface area contributed by atoms with E-state index in [9.17, 15) is 13.2 Å². The van der Waals surface area contributed by atoms with Crippen LogP contribution in [0.1, 0.15) is 28.4 Å². The molecule has 30 heavy (non-hydrogen) atoms. The van der Waals surface area contributed by atoms with Gasteiger partial charge >= 0.3 is 0 Å². The third-order valence-electron chi connectivity index (χ3n) is 4.33. The number of nitrogens with one attached hydrogen (secondary N) is 2. The van der Waals surface area contributed by atoms with Crippen LogP contribution in [-0.4, -0.2) is 52.4 Å². The molecule has 1 amide bonds. The van der Waals surface area contributed by atoms with E-state index in [-0.39, 0.29) is 10.8 Å². The van der Waals surface area contributed by atoms with Crippen LogP contribution in [0.4, 0.5) is 0 Å². The van der Waals surface area contributed by atoms with Crippen molar-refractivity contribution in [3.05, 3.63) is 65.2 Å². The number of sulfonamides is 1. The number of carbonyl (C=O) groups is 1. The van der Waals surface area contributed by atoms with Gasteiger partial charge in [-0.3, -0.25) is 4.79 Å². The molecule has 9 heteroatoms. The number of primary sulfonamides is 1. The standard InChI is InChI=1S/C21H29N5O3S/c1-4-23-21(24-14-13-16-7-11-19(12-8-16)30(22,28)29)25-15-17-5-9-18(10-6-17)20(27)26(2)3/h5-12H,4,13-15H2,1-3H3,(H2,22,28,29)(H2,23,24,25). The minimum atomic E-state index is -3.67. The summed E-state index contributed by atoms with van der Waals surface area (Å²) in [6, 6.07) is 13.9. The predicted molar refractivity (Wildman–Crippen MR) is 119 cm³/mol. The van der Waals surface area contributed by atoms with Gasteiger partial charge in [0.1, 0.15) is 0 Å². The molecule has 0 unspecified atom stereocenters. The summed E-state index contributed by atoms with van der Waals surface area (Å²) in [6.07, 6.45) is 0.705. The number of benzene rings is 2. The maximum Gasteiger partial charge on any atom is 0.253 e. The molecular formula is C21H29N5O3S. The summed E-state index contributed by atoms with van der Waals surface area (Å²) in [5.41, 5.74) is 2.64. The van der Waals surface area contributed by atoms with Crippen LogP contribution in [0.15, 0.2) is 58.4 Å². The zero-order valence-corrected chi connectivity index (χ0v) is 18.4. The monoisotopic (exact) mass is 431 g/mol. The summed E-state index contributed by atoms with van der Waals surface area (Å²) in [7, 11) is -0.221. The normalized spacial score (nSPS) is 11.8. The van der Waals surface area contributed by atoms with Gasteiger partial charge in [0.05, 0.1) is 11.4 Å². The summed E-state index contributed by atoms with van der Waals surface area (Å²) < 4.78 is 22.6. The first-order valence-electron chi connectivity index (χ1n) is 9.65. The molecule has 0 saturated heterocycles. The van der Waals surface area contributed by atoms with E-state index in [0.717, 1.165) is 17.7 Å². The molecule has 0 radical (unpaired) electrons. The third kappa shape index (κ3) is 7.16. The molecule has 0 bridgehead atoms. The number of nitrogens with zero attached hydrogens (tertiary/aromatic N) is 2. The van der Waals surface area contributed by atoms with Crippen molar-refractivity contribution in [1.29, 1.82) is 0 Å². The van der Waals surface area contributed by atoms with Crippen molar-refractivity contribution < 1.29 is 13.2 Å². The number of amides is 1. The fraction of sp³-hybridized carbons (Fsp3) is 0.333. The van der Waals surface area contributed by atoms with Gasteiger partial charge in [-0.05, 0) is 48.7 Å². The molecule has 0 heterocycles. The number of nitrogens with two attached hydrogens (primary N) is 1. The van der Waals surface area contributed by atoms with Crippen molar-refractivity contribution in [2.75, 3.05) is 27.2 Å². The minimum Gasteiger partial charge on any atom is -0.357 e. The van der Waals surface area contributed by atoms with Gasteiger partial charge in [0.15, 0.2) is 5.96 Å². The Morgan fingerprint density at radius 2 is 1.60 bits per heavy atom. The van der Waals surface area contributed by atoms with Crippen LogP contribution >= 0.6 is 0 Å². The quantitative estimate of drug-likeness (QED) is 0.431. The van der Waals surface area contributed by atoms with E-state index in [4.69, 9.17) is 5.14 Å². The molecule has 0 saturated carbocycles. The van der Waals surface area contributed by atoms with Gasteiger partial charge in [0.25, 0.3) is 5.91 Å². The molecule has 8 nitrogen and oxygen atoms in total. The molecule has 0 aromatic heterocycles. The molecule has 2 rings (SSSR count). The van der Waals surface area contributed by atoms with E-state index < -0.39 is 10.0 Å². The number of hydrogen-bond acceptors (Lipinski definition) is 4. The Balaban J connectivity index is 1.92. The van der Waals surface area contributed by atoms with Gasteiger partial charge in [-0.1, -0.05) is 24.3 Å². The van der Waals surface area contributed by atoms with Crippen LogP contribution in [0.25, 0.3) is 0 Å². The SMILES string of the molecule is CCNC(=NCc1ccc(C(=O)N(C)C)cc1)NCCc1ccc(S(N)(=O)=O)cc1. The minimum absolute atomic E-state index is 0.0304. The zero-order chi connectivity index (χ0) is 22.1. The second-order valence-electron chi connectivity index (χ2n) is 6.96. The smallest absolute Gasteiger partial charge is 0.253 e. The van der Waals surface area contributed by atoms with E-state index >= 15 is 0 Å².